The molecular weight excluding hydrogens is 244 g/mol. The van der Waals surface area contributed by atoms with E-state index in [0.717, 1.165) is 5.56 Å². The minimum absolute atomic E-state index is 0.417. The van der Waals surface area contributed by atoms with E-state index in [1.165, 1.54) is 0 Å². The van der Waals surface area contributed by atoms with Gasteiger partial charge in [-0.2, -0.15) is 0 Å². The maximum atomic E-state index is 11.0. The maximum Gasteiger partial charge on any atom is 0.119 e. The monoisotopic (exact) mass is 258 g/mol. The van der Waals surface area contributed by atoms with Crippen LogP contribution in [0.15, 0.2) is 67.3 Å². The molecule has 0 aliphatic rings. The topological polar surface area (TPSA) is 20.2 Å². The zero-order chi connectivity index (χ0) is 13.0. The molecule has 0 spiro atoms. The fourth-order valence-corrected chi connectivity index (χ4v) is 2.39. The fraction of sp³-hybridized carbons (Fsp3) is 0.125. The molecule has 0 saturated carbocycles. The first-order valence-corrected chi connectivity index (χ1v) is 6.20. The Labute approximate surface area is 112 Å². The molecule has 2 aromatic carbocycles. The third-order valence-electron chi connectivity index (χ3n) is 3.01. The van der Waals surface area contributed by atoms with E-state index in [2.05, 4.69) is 6.58 Å². The van der Waals surface area contributed by atoms with E-state index in [4.69, 9.17) is 11.6 Å². The third-order valence-corrected chi connectivity index (χ3v) is 3.34. The van der Waals surface area contributed by atoms with E-state index in [1.807, 2.05) is 48.5 Å². The Bertz CT molecular complexity index is 536. The van der Waals surface area contributed by atoms with Crippen molar-refractivity contribution in [2.45, 2.75) is 12.0 Å². The highest BCUT2D eigenvalue weighted by atomic mass is 35.5. The zero-order valence-corrected chi connectivity index (χ0v) is 10.8. The van der Waals surface area contributed by atoms with E-state index in [9.17, 15) is 5.11 Å². The summed E-state index contributed by atoms with van der Waals surface area (Å²) >= 11 is 6.20. The van der Waals surface area contributed by atoms with Crippen LogP contribution < -0.4 is 0 Å². The number of benzene rings is 2. The Morgan fingerprint density at radius 1 is 1.06 bits per heavy atom. The van der Waals surface area contributed by atoms with Crippen LogP contribution in [0.5, 0.6) is 0 Å². The van der Waals surface area contributed by atoms with Gasteiger partial charge in [0, 0.05) is 17.0 Å². The van der Waals surface area contributed by atoms with Gasteiger partial charge in [0.1, 0.15) is 5.60 Å². The SMILES string of the molecule is C=CCC(O)(c1ccccc1)c1ccccc1Cl. The average Bonchev–Trinajstić information content (AvgIpc) is 2.40. The van der Waals surface area contributed by atoms with Crippen molar-refractivity contribution in [3.05, 3.63) is 83.4 Å². The van der Waals surface area contributed by atoms with Crippen LogP contribution in [0, 0.1) is 0 Å². The summed E-state index contributed by atoms with van der Waals surface area (Å²) in [6.45, 7) is 3.72. The molecule has 0 bridgehead atoms. The van der Waals surface area contributed by atoms with E-state index in [-0.39, 0.29) is 0 Å². The predicted molar refractivity (Wildman–Crippen MR) is 75.7 cm³/mol. The maximum absolute atomic E-state index is 11.0. The van der Waals surface area contributed by atoms with Gasteiger partial charge in [-0.1, -0.05) is 66.2 Å². The molecule has 1 atom stereocenters. The lowest BCUT2D eigenvalue weighted by Crippen LogP contribution is -2.26. The molecule has 0 saturated heterocycles. The largest absolute Gasteiger partial charge is 0.380 e. The van der Waals surface area contributed by atoms with Gasteiger partial charge in [-0.05, 0) is 11.6 Å². The normalized spacial score (nSPS) is 13.9. The van der Waals surface area contributed by atoms with Gasteiger partial charge in [-0.25, -0.2) is 0 Å². The van der Waals surface area contributed by atoms with Crippen molar-refractivity contribution in [1.29, 1.82) is 0 Å². The number of hydrogen-bond donors (Lipinski definition) is 1. The minimum atomic E-state index is -1.12. The zero-order valence-electron chi connectivity index (χ0n) is 10.0. The van der Waals surface area contributed by atoms with Crippen molar-refractivity contribution in [2.24, 2.45) is 0 Å². The molecule has 0 fully saturated rings. The van der Waals surface area contributed by atoms with Crippen molar-refractivity contribution in [1.82, 2.24) is 0 Å². The van der Waals surface area contributed by atoms with Gasteiger partial charge in [0.2, 0.25) is 0 Å². The molecule has 1 N–H and O–H groups in total. The molecule has 0 aliphatic carbocycles. The molecule has 0 aromatic heterocycles. The quantitative estimate of drug-likeness (QED) is 0.817. The van der Waals surface area contributed by atoms with Crippen LogP contribution in [0.3, 0.4) is 0 Å². The number of aliphatic hydroxyl groups is 1. The van der Waals surface area contributed by atoms with Crippen LogP contribution in [-0.2, 0) is 5.60 Å². The summed E-state index contributed by atoms with van der Waals surface area (Å²) in [4.78, 5) is 0. The Kier molecular flexibility index (Phi) is 3.85. The summed E-state index contributed by atoms with van der Waals surface area (Å²) < 4.78 is 0. The molecular formula is C16H15ClO. The van der Waals surface area contributed by atoms with Crippen LogP contribution in [0.2, 0.25) is 5.02 Å². The summed E-state index contributed by atoms with van der Waals surface area (Å²) in [7, 11) is 0. The van der Waals surface area contributed by atoms with Gasteiger partial charge < -0.3 is 5.11 Å². The van der Waals surface area contributed by atoms with Crippen LogP contribution in [-0.4, -0.2) is 5.11 Å². The number of hydrogen-bond acceptors (Lipinski definition) is 1. The summed E-state index contributed by atoms with van der Waals surface area (Å²) in [6, 6.07) is 16.9. The molecule has 18 heavy (non-hydrogen) atoms. The van der Waals surface area contributed by atoms with Crippen LogP contribution >= 0.6 is 11.6 Å². The van der Waals surface area contributed by atoms with Gasteiger partial charge in [-0.15, -0.1) is 6.58 Å². The standard InChI is InChI=1S/C16H15ClO/c1-2-12-16(18,13-8-4-3-5-9-13)14-10-6-7-11-15(14)17/h2-11,18H,1,12H2. The van der Waals surface area contributed by atoms with Gasteiger partial charge in [0.15, 0.2) is 0 Å². The molecule has 1 unspecified atom stereocenters. The Morgan fingerprint density at radius 2 is 1.67 bits per heavy atom. The van der Waals surface area contributed by atoms with Gasteiger partial charge in [-0.3, -0.25) is 0 Å². The van der Waals surface area contributed by atoms with Gasteiger partial charge >= 0.3 is 0 Å². The Morgan fingerprint density at radius 3 is 2.28 bits per heavy atom. The van der Waals surface area contributed by atoms with E-state index in [1.54, 1.807) is 12.1 Å². The van der Waals surface area contributed by atoms with Crippen molar-refractivity contribution in [3.8, 4) is 0 Å². The second-order valence-corrected chi connectivity index (χ2v) is 4.61. The molecule has 0 heterocycles. The van der Waals surface area contributed by atoms with Crippen molar-refractivity contribution in [3.63, 3.8) is 0 Å². The average molecular weight is 259 g/mol. The summed E-state index contributed by atoms with van der Waals surface area (Å²) in [5, 5.41) is 11.5. The van der Waals surface area contributed by atoms with E-state index < -0.39 is 5.60 Å². The molecule has 2 heteroatoms. The fourth-order valence-electron chi connectivity index (χ4n) is 2.10. The molecule has 0 radical (unpaired) electrons. The molecule has 0 aliphatic heterocycles. The predicted octanol–water partition coefficient (Wildman–Crippen LogP) is 4.15. The van der Waals surface area contributed by atoms with Crippen LogP contribution in [0.25, 0.3) is 0 Å². The lowest BCUT2D eigenvalue weighted by molar-refractivity contribution is 0.0843. The molecule has 2 rings (SSSR count). The number of rotatable bonds is 4. The highest BCUT2D eigenvalue weighted by Crippen LogP contribution is 2.37. The lowest BCUT2D eigenvalue weighted by atomic mass is 9.83. The summed E-state index contributed by atoms with van der Waals surface area (Å²) in [5.74, 6) is 0. The highest BCUT2D eigenvalue weighted by molar-refractivity contribution is 6.31. The summed E-state index contributed by atoms with van der Waals surface area (Å²) in [6.07, 6.45) is 2.12. The Hall–Kier alpha value is -1.57. The molecule has 1 nitrogen and oxygen atoms in total. The van der Waals surface area contributed by atoms with Gasteiger partial charge in [0.05, 0.1) is 0 Å². The van der Waals surface area contributed by atoms with E-state index in [0.29, 0.717) is 17.0 Å². The smallest absolute Gasteiger partial charge is 0.119 e. The second kappa shape index (κ2) is 5.38. The van der Waals surface area contributed by atoms with Crippen molar-refractivity contribution in [2.75, 3.05) is 0 Å². The highest BCUT2D eigenvalue weighted by Gasteiger charge is 2.31. The van der Waals surface area contributed by atoms with Gasteiger partial charge in [0.25, 0.3) is 0 Å². The minimum Gasteiger partial charge on any atom is -0.380 e. The first-order valence-electron chi connectivity index (χ1n) is 5.82. The molecule has 2 aromatic rings. The Balaban J connectivity index is 2.58. The molecule has 0 amide bonds. The van der Waals surface area contributed by atoms with E-state index >= 15 is 0 Å². The third kappa shape index (κ3) is 2.33. The van der Waals surface area contributed by atoms with Crippen LogP contribution in [0.1, 0.15) is 17.5 Å². The van der Waals surface area contributed by atoms with Crippen molar-refractivity contribution >= 4 is 11.6 Å². The first-order chi connectivity index (χ1) is 8.68. The van der Waals surface area contributed by atoms with Crippen molar-refractivity contribution < 1.29 is 5.11 Å². The first kappa shape index (κ1) is 12.9. The van der Waals surface area contributed by atoms with Crippen LogP contribution in [0.4, 0.5) is 0 Å². The number of halogens is 1. The second-order valence-electron chi connectivity index (χ2n) is 4.20. The molecule has 92 valence electrons. The summed E-state index contributed by atoms with van der Waals surface area (Å²) in [5.41, 5.74) is 0.400. The lowest BCUT2D eigenvalue weighted by Gasteiger charge is -2.29.